The van der Waals surface area contributed by atoms with E-state index in [1.807, 2.05) is 48.5 Å². The van der Waals surface area contributed by atoms with Crippen LogP contribution in [0.25, 0.3) is 22.9 Å². The average molecular weight is 823 g/mol. The minimum absolute atomic E-state index is 0. The van der Waals surface area contributed by atoms with Gasteiger partial charge in [-0.1, -0.05) is 146 Å². The second-order valence-corrected chi connectivity index (χ2v) is 18.1. The molecule has 0 atom stereocenters. The summed E-state index contributed by atoms with van der Waals surface area (Å²) in [6.45, 7) is 0. The van der Waals surface area contributed by atoms with Crippen LogP contribution in [0.1, 0.15) is 11.1 Å². The van der Waals surface area contributed by atoms with Gasteiger partial charge in [-0.25, -0.2) is 0 Å². The molecule has 0 amide bonds. The van der Waals surface area contributed by atoms with Gasteiger partial charge in [0.25, 0.3) is 0 Å². The van der Waals surface area contributed by atoms with Crippen LogP contribution >= 0.6 is 15.8 Å². The summed E-state index contributed by atoms with van der Waals surface area (Å²) in [5.74, 6) is 1.19. The van der Waals surface area contributed by atoms with Crippen LogP contribution < -0.4 is 36.9 Å². The predicted octanol–water partition coefficient (Wildman–Crippen LogP) is 8.42. The van der Waals surface area contributed by atoms with Gasteiger partial charge in [-0.3, -0.25) is 10.1 Å². The largest absolute Gasteiger partial charge is 1.00 e. The van der Waals surface area contributed by atoms with Crippen LogP contribution in [0.15, 0.2) is 225 Å². The Morgan fingerprint density at radius 2 is 0.789 bits per heavy atom. The van der Waals surface area contributed by atoms with Crippen molar-refractivity contribution >= 4 is 47.7 Å². The molecule has 0 bridgehead atoms. The molecule has 0 fully saturated rings. The molecule has 0 N–H and O–H groups in total. The molecule has 2 heterocycles. The van der Waals surface area contributed by atoms with Crippen LogP contribution in [0.4, 0.5) is 0 Å². The van der Waals surface area contributed by atoms with Crippen molar-refractivity contribution in [2.24, 2.45) is 0 Å². The normalized spacial score (nSPS) is 10.7. The van der Waals surface area contributed by atoms with E-state index >= 15 is 0 Å². The quantitative estimate of drug-likeness (QED) is 0.103. The van der Waals surface area contributed by atoms with E-state index in [-0.39, 0.29) is 17.1 Å². The van der Waals surface area contributed by atoms with Crippen molar-refractivity contribution in [1.82, 2.24) is 20.2 Å². The van der Waals surface area contributed by atoms with E-state index in [0.29, 0.717) is 11.6 Å². The Labute approximate surface area is 348 Å². The van der Waals surface area contributed by atoms with Gasteiger partial charge >= 0.3 is 17.1 Å². The molecule has 0 unspecified atom stereocenters. The van der Waals surface area contributed by atoms with Crippen LogP contribution in [-0.4, -0.2) is 15.1 Å². The summed E-state index contributed by atoms with van der Waals surface area (Å²) in [7, 11) is -2.31. The van der Waals surface area contributed by atoms with Gasteiger partial charge in [0.1, 0.15) is 31.8 Å². The molecule has 0 aliphatic rings. The van der Waals surface area contributed by atoms with E-state index in [0.717, 1.165) is 17.7 Å². The van der Waals surface area contributed by atoms with Crippen LogP contribution in [0, 0.1) is 0 Å². The maximum absolute atomic E-state index is 4.37. The van der Waals surface area contributed by atoms with E-state index in [1.54, 1.807) is 6.20 Å². The molecule has 7 heteroatoms. The minimum atomic E-state index is -1.15. The fraction of sp³-hybridized carbons (Fsp3) is 0.0200. The van der Waals surface area contributed by atoms with E-state index in [1.165, 1.54) is 43.0 Å². The third kappa shape index (κ3) is 9.78. The molecule has 280 valence electrons. The first-order valence-electron chi connectivity index (χ1n) is 18.8. The Bertz CT molecular complexity index is 2300. The van der Waals surface area contributed by atoms with Gasteiger partial charge in [-0.2, -0.15) is 0 Å². The maximum atomic E-state index is 4.37. The van der Waals surface area contributed by atoms with Gasteiger partial charge in [-0.15, -0.1) is 0 Å². The Morgan fingerprint density at radius 1 is 0.404 bits per heavy atom. The van der Waals surface area contributed by atoms with Crippen molar-refractivity contribution in [2.75, 3.05) is 0 Å². The van der Waals surface area contributed by atoms with E-state index in [2.05, 4.69) is 190 Å². The number of aromatic nitrogens is 4. The zero-order valence-electron chi connectivity index (χ0n) is 31.2. The molecule has 9 rings (SSSR count). The van der Waals surface area contributed by atoms with Crippen molar-refractivity contribution < 1.29 is 17.1 Å². The molecule has 0 aliphatic carbocycles. The van der Waals surface area contributed by atoms with Crippen molar-refractivity contribution in [3.05, 3.63) is 236 Å². The number of hydrogen-bond acceptors (Lipinski definition) is 3. The van der Waals surface area contributed by atoms with Gasteiger partial charge in [0.15, 0.2) is 0 Å². The molecule has 7 aromatic carbocycles. The molecule has 0 aliphatic heterocycles. The molecule has 57 heavy (non-hydrogen) atoms. The van der Waals surface area contributed by atoms with Crippen LogP contribution in [0.2, 0.25) is 0 Å². The molecule has 0 spiro atoms. The summed E-state index contributed by atoms with van der Waals surface area (Å²) in [5.41, 5.74) is 4.55. The molecule has 4 nitrogen and oxygen atoms in total. The van der Waals surface area contributed by atoms with Gasteiger partial charge in [-0.05, 0) is 95.3 Å². The van der Waals surface area contributed by atoms with Gasteiger partial charge < -0.3 is 10.1 Å². The first kappa shape index (κ1) is 39.4. The maximum Gasteiger partial charge on any atom is 1.00 e. The summed E-state index contributed by atoms with van der Waals surface area (Å²) in [6.07, 6.45) is 2.64. The zero-order chi connectivity index (χ0) is 37.8. The van der Waals surface area contributed by atoms with Gasteiger partial charge in [0, 0.05) is 12.6 Å². The first-order valence-corrected chi connectivity index (χ1v) is 21.8. The van der Waals surface area contributed by atoms with Crippen LogP contribution in [0.5, 0.6) is 0 Å². The smallest absolute Gasteiger partial charge is 0.417 e. The molecular formula is C50H41CuN4P2+2. The van der Waals surface area contributed by atoms with Crippen LogP contribution in [0.3, 0.4) is 0 Å². The number of rotatable bonds is 10. The van der Waals surface area contributed by atoms with E-state index in [4.69, 9.17) is 0 Å². The molecule has 0 radical (unpaired) electrons. The van der Waals surface area contributed by atoms with E-state index in [9.17, 15) is 0 Å². The topological polar surface area (TPSA) is 52.8 Å². The Hall–Kier alpha value is -5.79. The Morgan fingerprint density at radius 3 is 1.21 bits per heavy atom. The number of benzene rings is 7. The molecule has 0 saturated carbocycles. The van der Waals surface area contributed by atoms with Gasteiger partial charge in [0.2, 0.25) is 0 Å². The summed E-state index contributed by atoms with van der Waals surface area (Å²) in [5, 5.41) is 16.7. The molecule has 2 aromatic heterocycles. The predicted molar refractivity (Wildman–Crippen MR) is 240 cm³/mol. The van der Waals surface area contributed by atoms with Crippen molar-refractivity contribution in [1.29, 1.82) is 0 Å². The van der Waals surface area contributed by atoms with E-state index < -0.39 is 15.8 Å². The number of pyridine rings is 1. The summed E-state index contributed by atoms with van der Waals surface area (Å²) >= 11 is 0. The van der Waals surface area contributed by atoms with Crippen LogP contribution in [-0.2, 0) is 23.5 Å². The molecular weight excluding hydrogens is 782 g/mol. The first-order chi connectivity index (χ1) is 27.8. The fourth-order valence-electron chi connectivity index (χ4n) is 6.97. The summed E-state index contributed by atoms with van der Waals surface area (Å²) < 4.78 is 0. The Kier molecular flexibility index (Phi) is 13.8. The van der Waals surface area contributed by atoms with Crippen molar-refractivity contribution in [3.63, 3.8) is 0 Å². The standard InChI is InChI=1S/C37H30P2.C13H9N4.Cu/c1-5-19-32(20-6-1)38(33-21-7-2-8-22-33)36-27-15-13-17-30(36)29-31-18-14-16-28-37(31)39(34-23-9-3-10-24-34)35-25-11-4-12-26-35;1-2-6-10(7-3-1)12-15-13(17-16-12)11-8-4-5-9-14-11;/h1-28H,29H2;1-9H;/q;-1;+1/p+2. The summed E-state index contributed by atoms with van der Waals surface area (Å²) in [6, 6.07) is 78.0. The number of nitrogens with zero attached hydrogens (tertiary/aromatic N) is 4. The molecule has 0 saturated heterocycles. The summed E-state index contributed by atoms with van der Waals surface area (Å²) in [4.78, 5) is 8.56. The zero-order valence-corrected chi connectivity index (χ0v) is 34.1. The van der Waals surface area contributed by atoms with Crippen molar-refractivity contribution in [2.45, 2.75) is 6.42 Å². The second kappa shape index (κ2) is 19.9. The van der Waals surface area contributed by atoms with Crippen molar-refractivity contribution in [3.8, 4) is 22.9 Å². The third-order valence-corrected chi connectivity index (χ3v) is 15.3. The average Bonchev–Trinajstić information content (AvgIpc) is 3.78. The fourth-order valence-corrected chi connectivity index (χ4v) is 12.5. The monoisotopic (exact) mass is 822 g/mol. The minimum Gasteiger partial charge on any atom is -0.417 e. The number of hydrogen-bond donors (Lipinski definition) is 0. The third-order valence-electron chi connectivity index (χ3n) is 9.58. The second-order valence-electron chi connectivity index (χ2n) is 13.2. The SMILES string of the molecule is [Cu+].c1ccc(-c2n[n-]c(-c3ccccn3)n2)cc1.c1ccc([PH+](c2ccccc2)c2ccccc2Cc2ccccc2[PH+](c2ccccc2)c2ccccc2)cc1. The Balaban J connectivity index is 0.000000230. The molecule has 9 aromatic rings. The van der Waals surface area contributed by atoms with Gasteiger partial charge in [0.05, 0.1) is 27.4 Å².